The van der Waals surface area contributed by atoms with Gasteiger partial charge in [0.25, 0.3) is 0 Å². The average molecular weight is 1920 g/mol. The van der Waals surface area contributed by atoms with Gasteiger partial charge in [0, 0.05) is 104 Å². The van der Waals surface area contributed by atoms with E-state index >= 15 is 0 Å². The Balaban J connectivity index is 0.000000523. The molecule has 0 spiro atoms. The number of nitrogens with two attached hydrogens (primary N) is 3. The lowest BCUT2D eigenvalue weighted by Crippen LogP contribution is -2.31. The molecule has 4 amide bonds. The summed E-state index contributed by atoms with van der Waals surface area (Å²) >= 11 is 33.5. The first-order valence-corrected chi connectivity index (χ1v) is 42.5. The lowest BCUT2D eigenvalue weighted by atomic mass is 9.96. The Kier molecular flexibility index (Phi) is 50.3. The molecule has 9 aromatic rings. The van der Waals surface area contributed by atoms with Crippen LogP contribution in [0.5, 0.6) is 0 Å². The third kappa shape index (κ3) is 46.5. The summed E-state index contributed by atoms with van der Waals surface area (Å²) in [5.74, 6) is 2.57. The van der Waals surface area contributed by atoms with Crippen molar-refractivity contribution in [2.75, 3.05) is 166 Å². The number of nitrogen functional groups attached to an aromatic ring is 2. The van der Waals surface area contributed by atoms with E-state index in [0.29, 0.717) is 75.3 Å². The first-order chi connectivity index (χ1) is 59.5. The van der Waals surface area contributed by atoms with Gasteiger partial charge in [-0.2, -0.15) is 59.8 Å². The van der Waals surface area contributed by atoms with Crippen LogP contribution in [0.15, 0.2) is 91.0 Å². The van der Waals surface area contributed by atoms with E-state index in [9.17, 15) is 19.2 Å². The number of nitrogens with one attached hydrogen (secondary N) is 10. The number of hydrogen-bond donors (Lipinski definition) is 13. The lowest BCUT2D eigenvalue weighted by molar-refractivity contribution is 0.186. The minimum Gasteiger partial charge on any atom is -0.453 e. The van der Waals surface area contributed by atoms with Crippen molar-refractivity contribution < 1.29 is 38.1 Å². The summed E-state index contributed by atoms with van der Waals surface area (Å²) < 4.78 is 18.3. The molecule has 0 aliphatic carbocycles. The van der Waals surface area contributed by atoms with Gasteiger partial charge in [0.2, 0.25) is 67.4 Å². The van der Waals surface area contributed by atoms with Crippen LogP contribution in [0.4, 0.5) is 106 Å². The number of methoxy groups -OCH3 is 4. The Morgan fingerprint density at radius 3 is 1.11 bits per heavy atom. The third-order valence-corrected chi connectivity index (χ3v) is 18.0. The number of amides is 4. The minimum atomic E-state index is -0.559. The largest absolute Gasteiger partial charge is 0.453 e. The van der Waals surface area contributed by atoms with E-state index in [-0.39, 0.29) is 66.9 Å². The van der Waals surface area contributed by atoms with Crippen LogP contribution in [0.3, 0.4) is 0 Å². The number of halogens is 7. The number of carbonyl (C=O) groups is 4. The second-order valence-electron chi connectivity index (χ2n) is 32.3. The molecule has 2 atom stereocenters. The zero-order valence-electron chi connectivity index (χ0n) is 77.6. The predicted octanol–water partition coefficient (Wildman–Crippen LogP) is 18.8. The van der Waals surface area contributed by atoms with Crippen molar-refractivity contribution >= 4 is 193 Å². The van der Waals surface area contributed by atoms with Gasteiger partial charge in [-0.25, -0.2) is 19.2 Å². The number of hydrogen-bond acceptors (Lipinski definition) is 32. The molecule has 0 radical (unpaired) electrons. The third-order valence-electron chi connectivity index (χ3n) is 17.0. The number of aryl methyl sites for hydroxylation is 6. The molecule has 43 heteroatoms. The molecule has 11 rings (SSSR count). The maximum absolute atomic E-state index is 11.6. The second-order valence-corrected chi connectivity index (χ2v) is 34.3. The van der Waals surface area contributed by atoms with Crippen LogP contribution in [0, 0.1) is 57.8 Å². The maximum atomic E-state index is 11.6. The molecule has 2 saturated heterocycles. The second kappa shape index (κ2) is 56.7. The molecule has 4 aromatic heterocycles. The van der Waals surface area contributed by atoms with Gasteiger partial charge in [-0.1, -0.05) is 106 Å². The van der Waals surface area contributed by atoms with Gasteiger partial charge in [0.15, 0.2) is 0 Å². The Hall–Kier alpha value is -10.5. The van der Waals surface area contributed by atoms with Gasteiger partial charge < -0.3 is 82.7 Å². The quantitative estimate of drug-likeness (QED) is 0.0297. The molecule has 704 valence electrons. The summed E-state index contributed by atoms with van der Waals surface area (Å²) in [7, 11) is 13.2. The minimum absolute atomic E-state index is 0. The molecule has 5 aromatic carbocycles. The molecule has 2 fully saturated rings. The van der Waals surface area contributed by atoms with Gasteiger partial charge in [-0.05, 0) is 268 Å². The number of rotatable bonds is 17. The van der Waals surface area contributed by atoms with E-state index in [0.717, 1.165) is 85.0 Å². The monoisotopic (exact) mass is 1910 g/mol. The molecular weight excluding hydrogens is 1790 g/mol. The first-order valence-electron chi connectivity index (χ1n) is 40.2. The number of carbonyl (C=O) groups excluding carboxylic acids is 4. The molecule has 36 nitrogen and oxygen atoms in total. The van der Waals surface area contributed by atoms with Crippen LogP contribution in [0.1, 0.15) is 122 Å². The number of anilines is 15. The number of nitrogens with zero attached hydrogens (tertiary/aromatic N) is 15. The molecular formula is C85H127Cl7N28O8. The van der Waals surface area contributed by atoms with Crippen molar-refractivity contribution in [2.45, 2.75) is 143 Å². The van der Waals surface area contributed by atoms with Crippen LogP contribution in [-0.2, 0) is 18.9 Å². The van der Waals surface area contributed by atoms with Crippen molar-refractivity contribution in [3.05, 3.63) is 156 Å². The number of benzene rings is 5. The predicted molar refractivity (Wildman–Crippen MR) is 525 cm³/mol. The SMILES string of the molecule is CC.CN1CC[C@@H](N)C1.CNCC(C)(C)C.COC(=O)Nc1ccc(C)c(N)c1.COC(=O)Nc1ccc(C)c(Nc2nc(Cl)nc(Cl)n2)c1.COC(=O)Nc1ccc(C)c(Nc2nc(Cl)nc(N(C)CC(C)(C)C)n2)c1.COC(=O)Nc1ccc(C)c(Nc2nc(N[C@@H]3CCNC3)nc(N(C)CC(C)(C)C)n2)c1.Cc1ccc(N)cc1C.Cl.Clc1nc(Cl)nc(Cl)n1. The summed E-state index contributed by atoms with van der Waals surface area (Å²) in [6, 6.07) is 28.2. The Bertz CT molecular complexity index is 4870. The van der Waals surface area contributed by atoms with Crippen molar-refractivity contribution in [1.82, 2.24) is 75.3 Å². The van der Waals surface area contributed by atoms with E-state index in [4.69, 9.17) is 86.8 Å². The van der Waals surface area contributed by atoms with Crippen molar-refractivity contribution in [3.63, 3.8) is 0 Å². The van der Waals surface area contributed by atoms with E-state index in [1.807, 2.05) is 127 Å². The lowest BCUT2D eigenvalue weighted by Gasteiger charge is -2.27. The smallest absolute Gasteiger partial charge is 0.411 e. The molecule has 0 bridgehead atoms. The summed E-state index contributed by atoms with van der Waals surface area (Å²) in [6.45, 7) is 42.1. The Morgan fingerprint density at radius 1 is 0.461 bits per heavy atom. The number of ether oxygens (including phenoxy) is 4. The van der Waals surface area contributed by atoms with Crippen LogP contribution < -0.4 is 80.2 Å². The molecule has 16 N–H and O–H groups in total. The van der Waals surface area contributed by atoms with Crippen LogP contribution in [0.2, 0.25) is 31.7 Å². The van der Waals surface area contributed by atoms with E-state index < -0.39 is 24.4 Å². The van der Waals surface area contributed by atoms with E-state index in [2.05, 4.69) is 220 Å². The van der Waals surface area contributed by atoms with Crippen LogP contribution in [0.25, 0.3) is 0 Å². The van der Waals surface area contributed by atoms with Crippen LogP contribution in [-0.4, -0.2) is 204 Å². The first kappa shape index (κ1) is 114. The molecule has 0 saturated carbocycles. The summed E-state index contributed by atoms with van der Waals surface area (Å²) in [6.07, 6.45) is 0.0690. The topological polar surface area (TPSA) is 468 Å². The zero-order chi connectivity index (χ0) is 95.6. The van der Waals surface area contributed by atoms with E-state index in [1.165, 1.54) is 52.5 Å². The fourth-order valence-electron chi connectivity index (χ4n) is 11.0. The van der Waals surface area contributed by atoms with Gasteiger partial charge in [-0.15, -0.1) is 12.4 Å². The van der Waals surface area contributed by atoms with Crippen molar-refractivity contribution in [2.24, 2.45) is 22.0 Å². The fourth-order valence-corrected chi connectivity index (χ4v) is 12.1. The average Bonchev–Trinajstić information content (AvgIpc) is 1.19. The van der Waals surface area contributed by atoms with Crippen LogP contribution >= 0.6 is 82.0 Å². The fraction of sp³-hybridized carbons (Fsp3) is 0.459. The van der Waals surface area contributed by atoms with E-state index in [1.54, 1.807) is 36.4 Å². The highest BCUT2D eigenvalue weighted by atomic mass is 35.5. The summed E-state index contributed by atoms with van der Waals surface area (Å²) in [4.78, 5) is 99.8. The number of likely N-dealkylation sites (tertiary alicyclic amines) is 1. The summed E-state index contributed by atoms with van der Waals surface area (Å²) in [5.41, 5.74) is 29.8. The number of aromatic nitrogens is 12. The highest BCUT2D eigenvalue weighted by Crippen LogP contribution is 2.30. The van der Waals surface area contributed by atoms with Gasteiger partial charge >= 0.3 is 24.4 Å². The molecule has 2 aliphatic rings. The van der Waals surface area contributed by atoms with Crippen molar-refractivity contribution in [1.29, 1.82) is 0 Å². The standard InChI is InChI=1S/C22H34N8O2.C18H25ClN6O2.C12H11Cl2N5O2.C9H12N2O2.C8H11N.C6H15N.C5H12N2.C3Cl3N3.C2H6.ClH/c1-14-7-8-15(25-21(31)32-6)11-17(14)26-19-27-18(24-16-9-10-23-12-16)28-20(29-19)30(5)13-22(2,3)4;1-11-7-8-12(20-17(26)27-6)9-13(11)21-15-22-14(19)23-16(24-15)25(5)10-18(2,3)4;1-6-3-4-7(15-12(20)21-2)5-8(6)16-11-18-9(13)17-10(14)19-11;1-6-3-4-7(5-8(6)10)11-9(12)13-2;1-6-3-4-8(9)5-7(6)2;1-6(2,3)5-7-4;1-7-3-2-5(6)4-7;4-1-7-2(5)9-3(6)8-1;1-2;/h7-8,11,16,23H,9-10,12-13H2,1-6H3,(H,25,31)(H2,24,26,27,28,29);7-9H,10H2,1-6H3,(H,20,26)(H,21,22,23,24);3-5H,1-2H3,(H,15,20)(H,16,17,18,19);3-5H,10H2,1-2H3,(H,11,12);3-5H,9H2,1-2H3;7H,5H2,1-4H3;5H,2-4,6H2,1H3;;1-2H3;1H/t16-;;;;;;5-;;;/m1.....1.../s1. The van der Waals surface area contributed by atoms with Gasteiger partial charge in [0.05, 0.1) is 28.4 Å². The zero-order valence-corrected chi connectivity index (χ0v) is 82.9. The Labute approximate surface area is 788 Å². The molecule has 128 heavy (non-hydrogen) atoms. The molecule has 2 aliphatic heterocycles. The normalized spacial score (nSPS) is 12.8. The highest BCUT2D eigenvalue weighted by molar-refractivity contribution is 6.33. The number of likely N-dealkylation sites (N-methyl/N-ethyl adjacent to an activating group) is 1. The highest BCUT2D eigenvalue weighted by Gasteiger charge is 2.23. The van der Waals surface area contributed by atoms with Gasteiger partial charge in [-0.3, -0.25) is 21.3 Å². The Morgan fingerprint density at radius 2 is 0.805 bits per heavy atom. The van der Waals surface area contributed by atoms with Crippen molar-refractivity contribution in [3.8, 4) is 0 Å². The molecule has 6 heterocycles. The summed E-state index contributed by atoms with van der Waals surface area (Å²) in [5, 5.41) is 29.7. The van der Waals surface area contributed by atoms with Gasteiger partial charge in [0.1, 0.15) is 0 Å². The molecule has 0 unspecified atom stereocenters. The maximum Gasteiger partial charge on any atom is 0.411 e.